The predicted octanol–water partition coefficient (Wildman–Crippen LogP) is 17.3. The number of hydrogen-bond donors (Lipinski definition) is 0. The summed E-state index contributed by atoms with van der Waals surface area (Å²) < 4.78 is 16.8. The molecule has 0 aromatic heterocycles. The van der Waals surface area contributed by atoms with Gasteiger partial charge in [0.2, 0.25) is 0 Å². The Morgan fingerprint density at radius 3 is 0.817 bits per heavy atom. The van der Waals surface area contributed by atoms with E-state index in [9.17, 15) is 14.4 Å². The first-order valence-electron chi connectivity index (χ1n) is 26.7. The Balaban J connectivity index is 4.22. The number of rotatable bonds is 48. The van der Waals surface area contributed by atoms with Crippen LogP contribution in [-0.4, -0.2) is 37.2 Å². The van der Waals surface area contributed by atoms with Crippen LogP contribution in [-0.2, 0) is 28.6 Å². The molecule has 0 saturated carbocycles. The topological polar surface area (TPSA) is 78.9 Å². The number of esters is 3. The highest BCUT2D eigenvalue weighted by Gasteiger charge is 2.19. The van der Waals surface area contributed by atoms with Gasteiger partial charge in [-0.25, -0.2) is 0 Å². The van der Waals surface area contributed by atoms with Crippen LogP contribution in [0.3, 0.4) is 0 Å². The van der Waals surface area contributed by atoms with Crippen molar-refractivity contribution in [1.82, 2.24) is 0 Å². The lowest BCUT2D eigenvalue weighted by Crippen LogP contribution is -2.30. The Labute approximate surface area is 374 Å². The fourth-order valence-electron chi connectivity index (χ4n) is 8.17. The summed E-state index contributed by atoms with van der Waals surface area (Å²) in [6.07, 6.45) is 48.1. The van der Waals surface area contributed by atoms with Crippen molar-refractivity contribution in [2.75, 3.05) is 13.2 Å². The van der Waals surface area contributed by atoms with Crippen molar-refractivity contribution < 1.29 is 28.6 Å². The van der Waals surface area contributed by atoms with Crippen molar-refractivity contribution in [1.29, 1.82) is 0 Å². The Bertz CT molecular complexity index is 916. The van der Waals surface area contributed by atoms with Gasteiger partial charge in [-0.2, -0.15) is 0 Å². The van der Waals surface area contributed by atoms with Gasteiger partial charge in [0.1, 0.15) is 13.2 Å². The lowest BCUT2D eigenvalue weighted by atomic mass is 10.0. The normalized spacial score (nSPS) is 12.1. The number of ether oxygens (including phenoxy) is 3. The molecule has 60 heavy (non-hydrogen) atoms. The summed E-state index contributed by atoms with van der Waals surface area (Å²) in [6.45, 7) is 11.3. The average Bonchev–Trinajstić information content (AvgIpc) is 3.22. The minimum Gasteiger partial charge on any atom is -0.462 e. The molecule has 0 aliphatic rings. The molecule has 0 spiro atoms. The standard InChI is InChI=1S/C54H104O6/c1-6-7-8-9-10-11-12-17-21-24-29-34-39-44-52(55)58-47-51(60-54(57)46-41-36-31-26-28-33-38-43-50(4)5)48-59-53(56)45-40-35-30-25-22-19-16-14-13-15-18-20-23-27-32-37-42-49(2)3/h49-51H,6-48H2,1-5H3/t51-/m1/s1. The molecule has 356 valence electrons. The molecule has 0 aliphatic carbocycles. The third-order valence-electron chi connectivity index (χ3n) is 12.2. The molecular weight excluding hydrogens is 745 g/mol. The monoisotopic (exact) mass is 849 g/mol. The first kappa shape index (κ1) is 58.4. The number of carbonyl (C=O) groups is 3. The lowest BCUT2D eigenvalue weighted by Gasteiger charge is -2.18. The minimum absolute atomic E-state index is 0.0641. The van der Waals surface area contributed by atoms with E-state index in [2.05, 4.69) is 34.6 Å². The number of hydrogen-bond acceptors (Lipinski definition) is 6. The molecule has 0 amide bonds. The van der Waals surface area contributed by atoms with Gasteiger partial charge in [-0.05, 0) is 31.1 Å². The highest BCUT2D eigenvalue weighted by molar-refractivity contribution is 5.71. The Hall–Kier alpha value is -1.59. The van der Waals surface area contributed by atoms with E-state index in [0.717, 1.165) is 69.6 Å². The molecule has 1 atom stereocenters. The molecule has 0 unspecified atom stereocenters. The highest BCUT2D eigenvalue weighted by atomic mass is 16.6. The van der Waals surface area contributed by atoms with E-state index in [1.165, 1.54) is 186 Å². The molecule has 0 aromatic carbocycles. The van der Waals surface area contributed by atoms with E-state index in [1.807, 2.05) is 0 Å². The van der Waals surface area contributed by atoms with E-state index in [1.54, 1.807) is 0 Å². The van der Waals surface area contributed by atoms with E-state index in [-0.39, 0.29) is 31.1 Å². The largest absolute Gasteiger partial charge is 0.462 e. The lowest BCUT2D eigenvalue weighted by molar-refractivity contribution is -0.167. The Morgan fingerprint density at radius 1 is 0.317 bits per heavy atom. The zero-order valence-corrected chi connectivity index (χ0v) is 41.1. The fraction of sp³-hybridized carbons (Fsp3) is 0.944. The van der Waals surface area contributed by atoms with Crippen LogP contribution in [0.1, 0.15) is 298 Å². The SMILES string of the molecule is CCCCCCCCCCCCCCCC(=O)OC[C@H](COC(=O)CCCCCCCCCCCCCCCCCCC(C)C)OC(=O)CCCCCCCCCC(C)C. The quantitative estimate of drug-likeness (QED) is 0.0345. The van der Waals surface area contributed by atoms with Crippen molar-refractivity contribution in [2.24, 2.45) is 11.8 Å². The second-order valence-electron chi connectivity index (χ2n) is 19.5. The van der Waals surface area contributed by atoms with Crippen LogP contribution in [0.25, 0.3) is 0 Å². The summed E-state index contributed by atoms with van der Waals surface area (Å²) in [5.74, 6) is 0.782. The van der Waals surface area contributed by atoms with Crippen LogP contribution in [0.15, 0.2) is 0 Å². The molecule has 0 bridgehead atoms. The zero-order chi connectivity index (χ0) is 44.0. The highest BCUT2D eigenvalue weighted by Crippen LogP contribution is 2.18. The average molecular weight is 849 g/mol. The summed E-state index contributed by atoms with van der Waals surface area (Å²) in [7, 11) is 0. The third kappa shape index (κ3) is 47.5. The summed E-state index contributed by atoms with van der Waals surface area (Å²) in [4.78, 5) is 37.9. The number of carbonyl (C=O) groups excluding carboxylic acids is 3. The van der Waals surface area contributed by atoms with Gasteiger partial charge in [0.05, 0.1) is 0 Å². The third-order valence-corrected chi connectivity index (χ3v) is 12.2. The Morgan fingerprint density at radius 2 is 0.550 bits per heavy atom. The zero-order valence-electron chi connectivity index (χ0n) is 41.1. The smallest absolute Gasteiger partial charge is 0.306 e. The van der Waals surface area contributed by atoms with Crippen molar-refractivity contribution >= 4 is 17.9 Å². The van der Waals surface area contributed by atoms with Gasteiger partial charge in [-0.1, -0.05) is 259 Å². The molecule has 0 N–H and O–H groups in total. The maximum atomic E-state index is 12.7. The van der Waals surface area contributed by atoms with Crippen LogP contribution < -0.4 is 0 Å². The van der Waals surface area contributed by atoms with Crippen molar-refractivity contribution in [3.05, 3.63) is 0 Å². The fourth-order valence-corrected chi connectivity index (χ4v) is 8.17. The van der Waals surface area contributed by atoms with E-state index >= 15 is 0 Å². The summed E-state index contributed by atoms with van der Waals surface area (Å²) >= 11 is 0. The maximum Gasteiger partial charge on any atom is 0.306 e. The Kier molecular flexibility index (Phi) is 45.7. The minimum atomic E-state index is -0.762. The molecule has 6 nitrogen and oxygen atoms in total. The number of unbranched alkanes of at least 4 members (excludes halogenated alkanes) is 33. The molecule has 0 radical (unpaired) electrons. The van der Waals surface area contributed by atoms with Gasteiger partial charge in [0.15, 0.2) is 6.10 Å². The van der Waals surface area contributed by atoms with Crippen LogP contribution in [0, 0.1) is 11.8 Å². The van der Waals surface area contributed by atoms with Crippen LogP contribution >= 0.6 is 0 Å². The molecule has 0 rings (SSSR count). The molecule has 0 saturated heterocycles. The summed E-state index contributed by atoms with van der Waals surface area (Å²) in [5, 5.41) is 0. The maximum absolute atomic E-state index is 12.7. The molecule has 0 aliphatic heterocycles. The van der Waals surface area contributed by atoms with Crippen LogP contribution in [0.4, 0.5) is 0 Å². The van der Waals surface area contributed by atoms with Gasteiger partial charge in [-0.3, -0.25) is 14.4 Å². The van der Waals surface area contributed by atoms with E-state index in [0.29, 0.717) is 19.3 Å². The van der Waals surface area contributed by atoms with Gasteiger partial charge in [0, 0.05) is 19.3 Å². The first-order valence-corrected chi connectivity index (χ1v) is 26.7. The second kappa shape index (κ2) is 46.9. The molecule has 0 heterocycles. The van der Waals surface area contributed by atoms with E-state index in [4.69, 9.17) is 14.2 Å². The van der Waals surface area contributed by atoms with Gasteiger partial charge >= 0.3 is 17.9 Å². The first-order chi connectivity index (χ1) is 29.2. The molecular formula is C54H104O6. The molecule has 0 aromatic rings. The summed E-state index contributed by atoms with van der Waals surface area (Å²) in [5.41, 5.74) is 0. The molecule has 0 fully saturated rings. The van der Waals surface area contributed by atoms with Crippen LogP contribution in [0.5, 0.6) is 0 Å². The van der Waals surface area contributed by atoms with Gasteiger partial charge in [0.25, 0.3) is 0 Å². The van der Waals surface area contributed by atoms with Gasteiger partial charge < -0.3 is 14.2 Å². The van der Waals surface area contributed by atoms with Crippen LogP contribution in [0.2, 0.25) is 0 Å². The predicted molar refractivity (Wildman–Crippen MR) is 256 cm³/mol. The van der Waals surface area contributed by atoms with Crippen molar-refractivity contribution in [3.63, 3.8) is 0 Å². The second-order valence-corrected chi connectivity index (χ2v) is 19.5. The van der Waals surface area contributed by atoms with Crippen molar-refractivity contribution in [3.8, 4) is 0 Å². The van der Waals surface area contributed by atoms with Gasteiger partial charge in [-0.15, -0.1) is 0 Å². The summed E-state index contributed by atoms with van der Waals surface area (Å²) in [6, 6.07) is 0. The van der Waals surface area contributed by atoms with Crippen molar-refractivity contribution in [2.45, 2.75) is 304 Å². The van der Waals surface area contributed by atoms with E-state index < -0.39 is 6.10 Å². The molecule has 6 heteroatoms.